The van der Waals surface area contributed by atoms with Gasteiger partial charge in [-0.05, 0) is 43.2 Å². The summed E-state index contributed by atoms with van der Waals surface area (Å²) in [5, 5.41) is 11.1. The van der Waals surface area contributed by atoms with Crippen molar-refractivity contribution in [1.82, 2.24) is 25.2 Å². The topological polar surface area (TPSA) is 93.3 Å². The second kappa shape index (κ2) is 10.1. The van der Waals surface area contributed by atoms with Crippen LogP contribution in [0.2, 0.25) is 0 Å². The van der Waals surface area contributed by atoms with Crippen LogP contribution in [0.4, 0.5) is 4.39 Å². The fourth-order valence-electron chi connectivity index (χ4n) is 4.78. The van der Waals surface area contributed by atoms with Crippen LogP contribution in [-0.2, 0) is 22.7 Å². The Bertz CT molecular complexity index is 1310. The van der Waals surface area contributed by atoms with Crippen molar-refractivity contribution in [1.29, 1.82) is 0 Å². The number of carbonyl (C=O) groups excluding carboxylic acids is 2. The molecular formula is C26H26FN5O3. The monoisotopic (exact) mass is 475 g/mol. The molecule has 2 aromatic carbocycles. The Morgan fingerprint density at radius 1 is 1.09 bits per heavy atom. The van der Waals surface area contributed by atoms with Gasteiger partial charge in [-0.25, -0.2) is 9.07 Å². The molecule has 0 saturated heterocycles. The van der Waals surface area contributed by atoms with E-state index in [1.54, 1.807) is 35.2 Å². The number of benzene rings is 2. The van der Waals surface area contributed by atoms with Crippen molar-refractivity contribution in [3.05, 3.63) is 84.1 Å². The van der Waals surface area contributed by atoms with Crippen LogP contribution in [0.3, 0.4) is 0 Å². The lowest BCUT2D eigenvalue weighted by atomic mass is 10.00. The van der Waals surface area contributed by atoms with Crippen molar-refractivity contribution in [3.63, 3.8) is 0 Å². The number of nitrogens with one attached hydrogen (secondary N) is 1. The molecule has 4 aromatic rings. The minimum atomic E-state index is -1.13. The lowest BCUT2D eigenvalue weighted by Gasteiger charge is -2.36. The van der Waals surface area contributed by atoms with E-state index < -0.39 is 17.8 Å². The van der Waals surface area contributed by atoms with Gasteiger partial charge in [0.2, 0.25) is 11.8 Å². The Hall–Kier alpha value is -4.01. The van der Waals surface area contributed by atoms with Gasteiger partial charge in [0.1, 0.15) is 29.7 Å². The highest BCUT2D eigenvalue weighted by atomic mass is 19.1. The van der Waals surface area contributed by atoms with Gasteiger partial charge >= 0.3 is 0 Å². The molecule has 180 valence electrons. The highest BCUT2D eigenvalue weighted by Gasteiger charge is 2.39. The van der Waals surface area contributed by atoms with Crippen LogP contribution in [0.15, 0.2) is 71.3 Å². The fraction of sp³-hybridized carbons (Fsp3) is 0.308. The van der Waals surface area contributed by atoms with E-state index in [9.17, 15) is 9.59 Å². The van der Waals surface area contributed by atoms with Crippen LogP contribution in [0.1, 0.15) is 43.0 Å². The molecule has 9 heteroatoms. The highest BCUT2D eigenvalue weighted by Crippen LogP contribution is 2.33. The van der Waals surface area contributed by atoms with Gasteiger partial charge in [-0.15, -0.1) is 5.10 Å². The first-order valence-electron chi connectivity index (χ1n) is 11.8. The Balaban J connectivity index is 1.50. The van der Waals surface area contributed by atoms with Crippen LogP contribution in [0.5, 0.6) is 0 Å². The molecule has 1 aliphatic rings. The molecule has 8 nitrogen and oxygen atoms in total. The summed E-state index contributed by atoms with van der Waals surface area (Å²) in [6.07, 6.45) is 4.91. The molecular weight excluding hydrogens is 449 g/mol. The van der Waals surface area contributed by atoms with Crippen LogP contribution in [0, 0.1) is 5.82 Å². The van der Waals surface area contributed by atoms with Crippen LogP contribution >= 0.6 is 0 Å². The van der Waals surface area contributed by atoms with E-state index >= 15 is 4.39 Å². The first-order valence-corrected chi connectivity index (χ1v) is 11.8. The maximum Gasteiger partial charge on any atom is 0.247 e. The summed E-state index contributed by atoms with van der Waals surface area (Å²) in [5.41, 5.74) is 1.56. The first-order chi connectivity index (χ1) is 17.1. The van der Waals surface area contributed by atoms with Gasteiger partial charge in [0.05, 0.1) is 18.3 Å². The minimum Gasteiger partial charge on any atom is -0.467 e. The van der Waals surface area contributed by atoms with Gasteiger partial charge in [-0.1, -0.05) is 48.4 Å². The van der Waals surface area contributed by atoms with E-state index in [1.807, 2.05) is 24.3 Å². The minimum absolute atomic E-state index is 0.104. The normalized spacial score (nSPS) is 14.8. The zero-order valence-corrected chi connectivity index (χ0v) is 19.1. The Morgan fingerprint density at radius 2 is 1.86 bits per heavy atom. The van der Waals surface area contributed by atoms with E-state index in [1.165, 1.54) is 17.0 Å². The Morgan fingerprint density at radius 3 is 2.63 bits per heavy atom. The number of amides is 2. The van der Waals surface area contributed by atoms with Gasteiger partial charge in [0.25, 0.3) is 0 Å². The summed E-state index contributed by atoms with van der Waals surface area (Å²) < 4.78 is 21.9. The summed E-state index contributed by atoms with van der Waals surface area (Å²) in [6.45, 7) is 0.0324. The molecule has 2 amide bonds. The summed E-state index contributed by atoms with van der Waals surface area (Å²) in [7, 11) is 0. The second-order valence-corrected chi connectivity index (χ2v) is 8.70. The largest absolute Gasteiger partial charge is 0.467 e. The Labute approximate surface area is 201 Å². The van der Waals surface area contributed by atoms with E-state index in [4.69, 9.17) is 4.42 Å². The molecule has 1 atom stereocenters. The third-order valence-electron chi connectivity index (χ3n) is 6.45. The lowest BCUT2D eigenvalue weighted by Crippen LogP contribution is -2.49. The second-order valence-electron chi connectivity index (χ2n) is 8.70. The molecule has 0 aliphatic heterocycles. The van der Waals surface area contributed by atoms with Gasteiger partial charge in [-0.2, -0.15) is 0 Å². The number of rotatable bonds is 8. The number of para-hydroxylation sites is 1. The molecule has 1 N–H and O–H groups in total. The number of carbonyl (C=O) groups is 2. The zero-order chi connectivity index (χ0) is 24.2. The van der Waals surface area contributed by atoms with Crippen molar-refractivity contribution in [2.24, 2.45) is 0 Å². The SMILES string of the molecule is O=C(NCc1ccco1)[C@H](c1ccccc1F)N(C(=O)Cn1nnc2ccccc21)C1CCCC1. The fourth-order valence-corrected chi connectivity index (χ4v) is 4.78. The van der Waals surface area contributed by atoms with E-state index in [2.05, 4.69) is 15.6 Å². The number of hydrogen-bond acceptors (Lipinski definition) is 5. The molecule has 2 heterocycles. The smallest absolute Gasteiger partial charge is 0.247 e. The maximum absolute atomic E-state index is 15.0. The third-order valence-corrected chi connectivity index (χ3v) is 6.45. The molecule has 2 aromatic heterocycles. The average molecular weight is 476 g/mol. The molecule has 1 fully saturated rings. The van der Waals surface area contributed by atoms with E-state index in [0.29, 0.717) is 11.3 Å². The molecule has 35 heavy (non-hydrogen) atoms. The molecule has 0 radical (unpaired) electrons. The van der Waals surface area contributed by atoms with Gasteiger partial charge in [0.15, 0.2) is 0 Å². The lowest BCUT2D eigenvalue weighted by molar-refractivity contribution is -0.144. The summed E-state index contributed by atoms with van der Waals surface area (Å²) >= 11 is 0. The van der Waals surface area contributed by atoms with Crippen molar-refractivity contribution in [3.8, 4) is 0 Å². The molecule has 0 unspecified atom stereocenters. The Kier molecular flexibility index (Phi) is 6.56. The van der Waals surface area contributed by atoms with E-state index in [0.717, 1.165) is 31.2 Å². The number of nitrogens with zero attached hydrogens (tertiary/aromatic N) is 4. The maximum atomic E-state index is 15.0. The third kappa shape index (κ3) is 4.80. The number of fused-ring (bicyclic) bond motifs is 1. The van der Waals surface area contributed by atoms with Crippen molar-refractivity contribution in [2.75, 3.05) is 0 Å². The van der Waals surface area contributed by atoms with Crippen LogP contribution < -0.4 is 5.32 Å². The molecule has 1 saturated carbocycles. The molecule has 1 aliphatic carbocycles. The quantitative estimate of drug-likeness (QED) is 0.416. The number of aromatic nitrogens is 3. The summed E-state index contributed by atoms with van der Waals surface area (Å²) in [6, 6.07) is 15.6. The van der Waals surface area contributed by atoms with Crippen molar-refractivity contribution >= 4 is 22.8 Å². The number of halogens is 1. The number of furan rings is 1. The van der Waals surface area contributed by atoms with Crippen molar-refractivity contribution < 1.29 is 18.4 Å². The average Bonchev–Trinajstić information content (AvgIpc) is 3.64. The summed E-state index contributed by atoms with van der Waals surface area (Å²) in [5.74, 6) is -0.740. The van der Waals surface area contributed by atoms with Crippen LogP contribution in [0.25, 0.3) is 11.0 Å². The van der Waals surface area contributed by atoms with Crippen LogP contribution in [-0.4, -0.2) is 37.7 Å². The molecule has 0 bridgehead atoms. The predicted molar refractivity (Wildman–Crippen MR) is 126 cm³/mol. The van der Waals surface area contributed by atoms with Gasteiger partial charge in [-0.3, -0.25) is 9.59 Å². The number of hydrogen-bond donors (Lipinski definition) is 1. The highest BCUT2D eigenvalue weighted by molar-refractivity contribution is 5.89. The zero-order valence-electron chi connectivity index (χ0n) is 19.1. The first kappa shape index (κ1) is 22.8. The van der Waals surface area contributed by atoms with Gasteiger partial charge < -0.3 is 14.6 Å². The standard InChI is InChI=1S/C26H26FN5O3/c27-21-12-4-3-11-20(21)25(26(34)28-16-19-10-7-15-35-19)32(18-8-1-2-9-18)24(33)17-31-23-14-6-5-13-22(23)29-30-31/h3-7,10-15,18,25H,1-2,8-9,16-17H2,(H,28,34)/t25-/m0/s1. The van der Waals surface area contributed by atoms with Crippen molar-refractivity contribution in [2.45, 2.75) is 50.9 Å². The van der Waals surface area contributed by atoms with Gasteiger partial charge in [0, 0.05) is 11.6 Å². The van der Waals surface area contributed by atoms with E-state index in [-0.39, 0.29) is 30.6 Å². The predicted octanol–water partition coefficient (Wildman–Crippen LogP) is 3.99. The molecule has 5 rings (SSSR count). The molecule has 0 spiro atoms. The summed E-state index contributed by atoms with van der Waals surface area (Å²) in [4.78, 5) is 28.9.